The Hall–Kier alpha value is -3.13. The van der Waals surface area contributed by atoms with Gasteiger partial charge in [-0.1, -0.05) is 84.9 Å². The van der Waals surface area contributed by atoms with Gasteiger partial charge in [-0.3, -0.25) is 0 Å². The van der Waals surface area contributed by atoms with Gasteiger partial charge < -0.3 is 47.5 Å². The minimum atomic E-state index is -1.88. The van der Waals surface area contributed by atoms with Crippen LogP contribution in [0.1, 0.15) is 101 Å². The zero-order chi connectivity index (χ0) is 40.7. The molecule has 2 fully saturated rings. The van der Waals surface area contributed by atoms with E-state index < -0.39 is 26.5 Å². The minimum absolute atomic E-state index is 0.0158. The van der Waals surface area contributed by atoms with Gasteiger partial charge in [-0.2, -0.15) is 0 Å². The molecule has 11 heteroatoms. The third-order valence-electron chi connectivity index (χ3n) is 10.6. The van der Waals surface area contributed by atoms with Crippen LogP contribution in [0.4, 0.5) is 0 Å². The molecular formula is C44H64O10Si. The molecule has 10 nitrogen and oxygen atoms in total. The molecule has 1 atom stereocenters. The molecule has 0 spiro atoms. The van der Waals surface area contributed by atoms with E-state index in [0.717, 1.165) is 29.5 Å². The van der Waals surface area contributed by atoms with E-state index in [2.05, 4.69) is 73.7 Å². The smallest absolute Gasteiger partial charge is 0.191 e. The van der Waals surface area contributed by atoms with Crippen molar-refractivity contribution in [3.05, 3.63) is 94.0 Å². The highest BCUT2D eigenvalue weighted by Gasteiger charge is 2.42. The van der Waals surface area contributed by atoms with Crippen LogP contribution in [0, 0.1) is 10.8 Å². The molecule has 2 heterocycles. The van der Waals surface area contributed by atoms with Crippen molar-refractivity contribution in [2.75, 3.05) is 54.0 Å². The van der Waals surface area contributed by atoms with Gasteiger partial charge in [0.15, 0.2) is 27.7 Å². The van der Waals surface area contributed by atoms with Crippen molar-refractivity contribution < 1.29 is 47.5 Å². The van der Waals surface area contributed by atoms with Crippen molar-refractivity contribution in [1.29, 1.82) is 0 Å². The molecule has 3 aromatic carbocycles. The summed E-state index contributed by atoms with van der Waals surface area (Å²) < 4.78 is 48.9. The molecule has 2 aliphatic heterocycles. The van der Waals surface area contributed by atoms with Crippen LogP contribution in [0.15, 0.2) is 60.7 Å². The Labute approximate surface area is 329 Å². The van der Waals surface area contributed by atoms with Gasteiger partial charge in [0.25, 0.3) is 0 Å². The molecule has 0 amide bonds. The zero-order valence-electron chi connectivity index (χ0n) is 34.9. The number of benzene rings is 3. The average molecular weight is 781 g/mol. The molecular weight excluding hydrogens is 717 g/mol. The lowest BCUT2D eigenvalue weighted by Crippen LogP contribution is -2.41. The molecule has 55 heavy (non-hydrogen) atoms. The highest BCUT2D eigenvalue weighted by Crippen LogP contribution is 2.48. The maximum Gasteiger partial charge on any atom is 0.191 e. The van der Waals surface area contributed by atoms with E-state index in [1.165, 1.54) is 0 Å². The van der Waals surface area contributed by atoms with Crippen LogP contribution in [-0.2, 0) is 44.9 Å². The second-order valence-electron chi connectivity index (χ2n) is 17.6. The predicted molar refractivity (Wildman–Crippen MR) is 216 cm³/mol. The maximum atomic E-state index is 13.6. The number of aliphatic hydroxyl groups is 1. The first-order valence-electron chi connectivity index (χ1n) is 19.0. The Morgan fingerprint density at radius 2 is 1.29 bits per heavy atom. The summed E-state index contributed by atoms with van der Waals surface area (Å²) in [6, 6.07) is 19.5. The SMILES string of the molecule is C=O.COCOc1ccc(C2OCC(C)(C)CO2)cc1C(O)(c1cccc(CCCO[Si](C)(C)C(C)(C)C)c1)c1cc(C2OCC(C)(C)CO2)ccc1OC. The first kappa shape index (κ1) is 44.6. The van der Waals surface area contributed by atoms with Crippen molar-refractivity contribution in [2.24, 2.45) is 10.8 Å². The van der Waals surface area contributed by atoms with Gasteiger partial charge >= 0.3 is 0 Å². The van der Waals surface area contributed by atoms with Crippen LogP contribution in [-0.4, -0.2) is 74.3 Å². The maximum absolute atomic E-state index is 13.6. The fraction of sp³-hybridized carbons (Fsp3) is 0.568. The largest absolute Gasteiger partial charge is 0.496 e. The Bertz CT molecular complexity index is 1680. The lowest BCUT2D eigenvalue weighted by atomic mass is 9.77. The number of rotatable bonds is 14. The van der Waals surface area contributed by atoms with Crippen LogP contribution >= 0.6 is 0 Å². The predicted octanol–water partition coefficient (Wildman–Crippen LogP) is 8.87. The summed E-state index contributed by atoms with van der Waals surface area (Å²) in [6.45, 7) is 24.6. The highest BCUT2D eigenvalue weighted by molar-refractivity contribution is 6.74. The Kier molecular flexibility index (Phi) is 14.9. The molecule has 0 aliphatic carbocycles. The number of carbonyl (C=O) groups is 1. The molecule has 2 saturated heterocycles. The van der Waals surface area contributed by atoms with Crippen LogP contribution in [0.25, 0.3) is 0 Å². The highest BCUT2D eigenvalue weighted by atomic mass is 28.4. The second-order valence-corrected chi connectivity index (χ2v) is 22.4. The third kappa shape index (κ3) is 10.8. The average Bonchev–Trinajstić information content (AvgIpc) is 3.15. The topological polar surface area (TPSA) is 111 Å². The monoisotopic (exact) mass is 780 g/mol. The van der Waals surface area contributed by atoms with Gasteiger partial charge in [0.1, 0.15) is 23.9 Å². The zero-order valence-corrected chi connectivity index (χ0v) is 35.9. The fourth-order valence-electron chi connectivity index (χ4n) is 6.38. The minimum Gasteiger partial charge on any atom is -0.496 e. The normalized spacial score (nSPS) is 18.8. The summed E-state index contributed by atoms with van der Waals surface area (Å²) in [5.74, 6) is 0.942. The molecule has 2 aliphatic rings. The molecule has 0 aromatic heterocycles. The van der Waals surface area contributed by atoms with E-state index in [1.807, 2.05) is 55.3 Å². The van der Waals surface area contributed by atoms with Crippen molar-refractivity contribution >= 4 is 15.1 Å². The van der Waals surface area contributed by atoms with Crippen LogP contribution in [0.2, 0.25) is 18.1 Å². The summed E-state index contributed by atoms with van der Waals surface area (Å²) in [5.41, 5.74) is 2.26. The molecule has 0 radical (unpaired) electrons. The van der Waals surface area contributed by atoms with Gasteiger partial charge in [0.05, 0.1) is 33.5 Å². The summed E-state index contributed by atoms with van der Waals surface area (Å²) in [7, 11) is 1.31. The number of ether oxygens (including phenoxy) is 7. The molecule has 0 bridgehead atoms. The van der Waals surface area contributed by atoms with Gasteiger partial charge in [0.2, 0.25) is 0 Å². The first-order chi connectivity index (χ1) is 25.9. The third-order valence-corrected chi connectivity index (χ3v) is 15.1. The van der Waals surface area contributed by atoms with Crippen molar-refractivity contribution in [2.45, 2.75) is 97.6 Å². The number of methoxy groups -OCH3 is 2. The summed E-state index contributed by atoms with van der Waals surface area (Å²) in [6.07, 6.45) is 0.411. The molecule has 0 saturated carbocycles. The fourth-order valence-corrected chi connectivity index (χ4v) is 7.47. The number of hydrogen-bond acceptors (Lipinski definition) is 10. The Balaban J connectivity index is 0.00000331. The molecule has 1 N–H and O–H groups in total. The lowest BCUT2D eigenvalue weighted by molar-refractivity contribution is -0.226. The van der Waals surface area contributed by atoms with E-state index >= 15 is 0 Å². The standard InChI is InChI=1S/C43H62O9Si.CH2O/c1-40(2,3)53(10,11)52-21-13-15-30-14-12-16-33(22-30)43(44,34-23-31(17-19-36(34)46-9)38-47-25-41(4,5)26-48-38)35-24-32(18-20-37(35)51-29-45-8)39-49-27-42(6,7)28-50-39;1-2/h12,14,16-20,22-24,38-39,44H,13,15,21,25-29H2,1-11H3;1H2. The Morgan fingerprint density at radius 3 is 1.78 bits per heavy atom. The summed E-state index contributed by atoms with van der Waals surface area (Å²) >= 11 is 0. The summed E-state index contributed by atoms with van der Waals surface area (Å²) in [4.78, 5) is 8.00. The molecule has 3 aromatic rings. The van der Waals surface area contributed by atoms with E-state index in [4.69, 9.17) is 42.4 Å². The first-order valence-corrected chi connectivity index (χ1v) is 22.0. The Morgan fingerprint density at radius 1 is 0.782 bits per heavy atom. The van der Waals surface area contributed by atoms with Gasteiger partial charge in [-0.15, -0.1) is 0 Å². The molecule has 1 unspecified atom stereocenters. The van der Waals surface area contributed by atoms with Gasteiger partial charge in [-0.25, -0.2) is 0 Å². The van der Waals surface area contributed by atoms with Crippen LogP contribution in [0.3, 0.4) is 0 Å². The van der Waals surface area contributed by atoms with E-state index in [9.17, 15) is 5.11 Å². The lowest BCUT2D eigenvalue weighted by Gasteiger charge is -2.37. The number of carbonyl (C=O) groups excluding carboxylic acids is 1. The quantitative estimate of drug-likeness (QED) is 0.0737. The number of hydrogen-bond donors (Lipinski definition) is 1. The summed E-state index contributed by atoms with van der Waals surface area (Å²) in [5, 5.41) is 13.8. The van der Waals surface area contributed by atoms with Gasteiger partial charge in [0, 0.05) is 46.8 Å². The number of aryl methyl sites for hydroxylation is 1. The van der Waals surface area contributed by atoms with E-state index in [0.29, 0.717) is 61.2 Å². The molecule has 304 valence electrons. The van der Waals surface area contributed by atoms with Gasteiger partial charge in [-0.05, 0) is 66.4 Å². The second kappa shape index (κ2) is 18.4. The van der Waals surface area contributed by atoms with Crippen LogP contribution in [0.5, 0.6) is 11.5 Å². The van der Waals surface area contributed by atoms with Crippen molar-refractivity contribution in [3.8, 4) is 11.5 Å². The van der Waals surface area contributed by atoms with E-state index in [1.54, 1.807) is 14.2 Å². The van der Waals surface area contributed by atoms with Crippen molar-refractivity contribution in [1.82, 2.24) is 0 Å². The van der Waals surface area contributed by atoms with Crippen molar-refractivity contribution in [3.63, 3.8) is 0 Å². The molecule has 5 rings (SSSR count). The van der Waals surface area contributed by atoms with E-state index in [-0.39, 0.29) is 22.7 Å². The van der Waals surface area contributed by atoms with Crippen LogP contribution < -0.4 is 9.47 Å².